The van der Waals surface area contributed by atoms with Gasteiger partial charge in [-0.3, -0.25) is 0 Å². The second-order valence-corrected chi connectivity index (χ2v) is 6.27. The topological polar surface area (TPSA) is 91.3 Å². The molecule has 7 heteroatoms. The minimum atomic E-state index is -1.18. The molecule has 0 aromatic carbocycles. The Bertz CT molecular complexity index is 498. The first-order chi connectivity index (χ1) is 8.91. The van der Waals surface area contributed by atoms with Crippen molar-refractivity contribution in [2.45, 2.75) is 38.8 Å². The van der Waals surface area contributed by atoms with Crippen LogP contribution in [0.15, 0.2) is 6.20 Å². The molecule has 1 aliphatic carbocycles. The zero-order valence-corrected chi connectivity index (χ0v) is 11.7. The first kappa shape index (κ1) is 13.8. The molecule has 6 nitrogen and oxygen atoms in total. The van der Waals surface area contributed by atoms with Crippen molar-refractivity contribution in [3.05, 3.63) is 16.1 Å². The van der Waals surface area contributed by atoms with E-state index in [-0.39, 0.29) is 5.92 Å². The second kappa shape index (κ2) is 5.16. The van der Waals surface area contributed by atoms with E-state index in [9.17, 15) is 14.7 Å². The molecule has 1 unspecified atom stereocenters. The van der Waals surface area contributed by atoms with Crippen LogP contribution in [-0.4, -0.2) is 27.6 Å². The fourth-order valence-electron chi connectivity index (χ4n) is 1.91. The maximum absolute atomic E-state index is 11.8. The molecule has 2 rings (SSSR count). The molecular formula is C12H17N3O3S. The van der Waals surface area contributed by atoms with E-state index in [1.54, 1.807) is 13.1 Å². The Morgan fingerprint density at radius 3 is 2.74 bits per heavy atom. The zero-order valence-electron chi connectivity index (χ0n) is 10.9. The highest BCUT2D eigenvalue weighted by molar-refractivity contribution is 7.11. The number of nitrogens with one attached hydrogen (secondary N) is 2. The summed E-state index contributed by atoms with van der Waals surface area (Å²) in [5.74, 6) is -0.965. The summed E-state index contributed by atoms with van der Waals surface area (Å²) in [5.41, 5.74) is -1.18. The third kappa shape index (κ3) is 3.23. The number of rotatable bonds is 5. The minimum absolute atomic E-state index is 0.0258. The number of carboxylic acids is 1. The molecule has 1 aliphatic rings. The second-order valence-electron chi connectivity index (χ2n) is 4.95. The van der Waals surface area contributed by atoms with E-state index < -0.39 is 17.5 Å². The number of hydrogen-bond acceptors (Lipinski definition) is 4. The number of aliphatic carboxylic acids is 1. The quantitative estimate of drug-likeness (QED) is 0.763. The Morgan fingerprint density at radius 2 is 2.26 bits per heavy atom. The number of carboxylic acid groups (broad SMARTS) is 1. The molecule has 19 heavy (non-hydrogen) atoms. The number of urea groups is 1. The van der Waals surface area contributed by atoms with Crippen molar-refractivity contribution in [2.24, 2.45) is 5.92 Å². The maximum atomic E-state index is 11.8. The van der Waals surface area contributed by atoms with Crippen LogP contribution in [0.2, 0.25) is 0 Å². The average molecular weight is 283 g/mol. The van der Waals surface area contributed by atoms with E-state index in [0.29, 0.717) is 6.54 Å². The van der Waals surface area contributed by atoms with Gasteiger partial charge in [0.05, 0.1) is 6.54 Å². The Labute approximate surface area is 115 Å². The maximum Gasteiger partial charge on any atom is 0.329 e. The van der Waals surface area contributed by atoms with Gasteiger partial charge in [0.2, 0.25) is 0 Å². The number of thiazole rings is 1. The van der Waals surface area contributed by atoms with Crippen LogP contribution in [-0.2, 0) is 11.3 Å². The van der Waals surface area contributed by atoms with Crippen LogP contribution in [0.5, 0.6) is 0 Å². The van der Waals surface area contributed by atoms with Gasteiger partial charge in [0.1, 0.15) is 10.5 Å². The van der Waals surface area contributed by atoms with Gasteiger partial charge in [0, 0.05) is 11.1 Å². The van der Waals surface area contributed by atoms with Gasteiger partial charge in [-0.1, -0.05) is 0 Å². The first-order valence-corrected chi connectivity index (χ1v) is 6.94. The van der Waals surface area contributed by atoms with Crippen molar-refractivity contribution in [2.75, 3.05) is 0 Å². The number of nitrogens with zero attached hydrogens (tertiary/aromatic N) is 1. The van der Waals surface area contributed by atoms with Crippen LogP contribution in [0.3, 0.4) is 0 Å². The molecule has 0 spiro atoms. The molecule has 2 amide bonds. The molecule has 3 N–H and O–H groups in total. The van der Waals surface area contributed by atoms with Gasteiger partial charge in [0.15, 0.2) is 0 Å². The summed E-state index contributed by atoms with van der Waals surface area (Å²) in [6.45, 7) is 3.81. The van der Waals surface area contributed by atoms with Crippen LogP contribution in [0, 0.1) is 12.8 Å². The number of hydrogen-bond donors (Lipinski definition) is 3. The molecule has 1 heterocycles. The van der Waals surface area contributed by atoms with Gasteiger partial charge in [-0.15, -0.1) is 11.3 Å². The van der Waals surface area contributed by atoms with Gasteiger partial charge < -0.3 is 15.7 Å². The van der Waals surface area contributed by atoms with Crippen LogP contribution in [0.1, 0.15) is 29.7 Å². The minimum Gasteiger partial charge on any atom is -0.480 e. The molecule has 1 saturated carbocycles. The molecule has 104 valence electrons. The van der Waals surface area contributed by atoms with Gasteiger partial charge >= 0.3 is 12.0 Å². The molecule has 0 radical (unpaired) electrons. The number of aryl methyl sites for hydroxylation is 1. The summed E-state index contributed by atoms with van der Waals surface area (Å²) < 4.78 is 0. The lowest BCUT2D eigenvalue weighted by molar-refractivity contribution is -0.144. The molecular weight excluding hydrogens is 266 g/mol. The van der Waals surface area contributed by atoms with E-state index in [1.165, 1.54) is 11.3 Å². The summed E-state index contributed by atoms with van der Waals surface area (Å²) in [4.78, 5) is 28.2. The molecule has 1 aromatic rings. The Balaban J connectivity index is 1.88. The standard InChI is InChI=1S/C12H17N3O3S/c1-7-5-13-9(19-7)6-14-11(18)15-12(2,10(16)17)8-3-4-8/h5,8H,3-4,6H2,1-2H3,(H,16,17)(H2,14,15,18). The highest BCUT2D eigenvalue weighted by atomic mass is 32.1. The summed E-state index contributed by atoms with van der Waals surface area (Å²) in [6, 6.07) is -0.468. The molecule has 0 bridgehead atoms. The number of aromatic nitrogens is 1. The van der Waals surface area contributed by atoms with E-state index in [2.05, 4.69) is 15.6 Å². The number of carbonyl (C=O) groups is 2. The molecule has 1 atom stereocenters. The van der Waals surface area contributed by atoms with Crippen molar-refractivity contribution >= 4 is 23.3 Å². The lowest BCUT2D eigenvalue weighted by atomic mass is 9.96. The predicted molar refractivity (Wildman–Crippen MR) is 71.0 cm³/mol. The van der Waals surface area contributed by atoms with Crippen LogP contribution < -0.4 is 10.6 Å². The van der Waals surface area contributed by atoms with E-state index >= 15 is 0 Å². The fourth-order valence-corrected chi connectivity index (χ4v) is 2.64. The van der Waals surface area contributed by atoms with Crippen molar-refractivity contribution in [1.82, 2.24) is 15.6 Å². The largest absolute Gasteiger partial charge is 0.480 e. The number of amides is 2. The summed E-state index contributed by atoms with van der Waals surface area (Å²) in [7, 11) is 0. The predicted octanol–water partition coefficient (Wildman–Crippen LogP) is 1.50. The van der Waals surface area contributed by atoms with Crippen molar-refractivity contribution < 1.29 is 14.7 Å². The summed E-state index contributed by atoms with van der Waals surface area (Å²) in [6.07, 6.45) is 3.43. The van der Waals surface area contributed by atoms with Gasteiger partial charge in [0.25, 0.3) is 0 Å². The number of carbonyl (C=O) groups excluding carboxylic acids is 1. The molecule has 0 saturated heterocycles. The van der Waals surface area contributed by atoms with E-state index in [1.807, 2.05) is 6.92 Å². The Kier molecular flexibility index (Phi) is 3.75. The third-order valence-corrected chi connectivity index (χ3v) is 4.19. The first-order valence-electron chi connectivity index (χ1n) is 6.12. The Morgan fingerprint density at radius 1 is 1.58 bits per heavy atom. The normalized spacial score (nSPS) is 17.6. The van der Waals surface area contributed by atoms with Crippen LogP contribution in [0.4, 0.5) is 4.79 Å². The summed E-state index contributed by atoms with van der Waals surface area (Å²) in [5, 5.41) is 15.2. The van der Waals surface area contributed by atoms with E-state index in [0.717, 1.165) is 22.7 Å². The lowest BCUT2D eigenvalue weighted by Gasteiger charge is -2.26. The Hall–Kier alpha value is -1.63. The lowest BCUT2D eigenvalue weighted by Crippen LogP contribution is -2.56. The van der Waals surface area contributed by atoms with Crippen molar-refractivity contribution in [1.29, 1.82) is 0 Å². The monoisotopic (exact) mass is 283 g/mol. The smallest absolute Gasteiger partial charge is 0.329 e. The third-order valence-electron chi connectivity index (χ3n) is 3.28. The average Bonchev–Trinajstić information content (AvgIpc) is 3.11. The fraction of sp³-hybridized carbons (Fsp3) is 0.583. The molecule has 1 fully saturated rings. The highest BCUT2D eigenvalue weighted by Gasteiger charge is 2.48. The van der Waals surface area contributed by atoms with Crippen LogP contribution in [0.25, 0.3) is 0 Å². The van der Waals surface area contributed by atoms with Gasteiger partial charge in [-0.2, -0.15) is 0 Å². The van der Waals surface area contributed by atoms with Crippen LogP contribution >= 0.6 is 11.3 Å². The van der Waals surface area contributed by atoms with Crippen molar-refractivity contribution in [3.8, 4) is 0 Å². The van der Waals surface area contributed by atoms with Gasteiger partial charge in [-0.05, 0) is 32.6 Å². The molecule has 1 aromatic heterocycles. The zero-order chi connectivity index (χ0) is 14.0. The SMILES string of the molecule is Cc1cnc(CNC(=O)NC(C)(C(=O)O)C2CC2)s1. The van der Waals surface area contributed by atoms with Gasteiger partial charge in [-0.25, -0.2) is 14.6 Å². The molecule has 0 aliphatic heterocycles. The summed E-state index contributed by atoms with van der Waals surface area (Å²) >= 11 is 1.50. The highest BCUT2D eigenvalue weighted by Crippen LogP contribution is 2.39. The van der Waals surface area contributed by atoms with Crippen molar-refractivity contribution in [3.63, 3.8) is 0 Å². The van der Waals surface area contributed by atoms with E-state index in [4.69, 9.17) is 0 Å².